The van der Waals surface area contributed by atoms with Crippen LogP contribution in [0.25, 0.3) is 0 Å². The summed E-state index contributed by atoms with van der Waals surface area (Å²) in [6, 6.07) is 0.0440. The summed E-state index contributed by atoms with van der Waals surface area (Å²) in [4.78, 5) is 24.1. The Morgan fingerprint density at radius 1 is 1.62 bits per heavy atom. The second-order valence-corrected chi connectivity index (χ2v) is 3.85. The van der Waals surface area contributed by atoms with Gasteiger partial charge in [-0.3, -0.25) is 4.79 Å². The summed E-state index contributed by atoms with van der Waals surface area (Å²) >= 11 is 0. The minimum atomic E-state index is -0.338. The molecule has 1 saturated heterocycles. The van der Waals surface area contributed by atoms with Crippen LogP contribution in [0.3, 0.4) is 0 Å². The number of hydrogen-bond donors (Lipinski definition) is 1. The van der Waals surface area contributed by atoms with Crippen LogP contribution in [0, 0.1) is 0 Å². The Kier molecular flexibility index (Phi) is 4.82. The Morgan fingerprint density at radius 2 is 2.38 bits per heavy atom. The van der Waals surface area contributed by atoms with Crippen LogP contribution >= 0.6 is 0 Å². The van der Waals surface area contributed by atoms with Crippen LogP contribution < -0.4 is 5.32 Å². The van der Waals surface area contributed by atoms with E-state index in [9.17, 15) is 9.59 Å². The predicted molar refractivity (Wildman–Crippen MR) is 60.0 cm³/mol. The predicted octanol–water partition coefficient (Wildman–Crippen LogP) is 0.909. The Hall–Kier alpha value is -1.52. The van der Waals surface area contributed by atoms with Gasteiger partial charge in [-0.05, 0) is 12.8 Å². The minimum Gasteiger partial charge on any atom is -0.445 e. The van der Waals surface area contributed by atoms with Gasteiger partial charge >= 0.3 is 6.09 Å². The van der Waals surface area contributed by atoms with Crippen molar-refractivity contribution in [2.45, 2.75) is 25.8 Å². The molecule has 0 aliphatic carbocycles. The summed E-state index contributed by atoms with van der Waals surface area (Å²) in [5, 5.41) is 2.81. The van der Waals surface area contributed by atoms with Crippen LogP contribution in [0.15, 0.2) is 12.7 Å². The molecule has 1 aliphatic rings. The number of carbonyl (C=O) groups excluding carboxylic acids is 2. The van der Waals surface area contributed by atoms with Crippen molar-refractivity contribution >= 4 is 12.0 Å². The first-order chi connectivity index (χ1) is 7.63. The minimum absolute atomic E-state index is 0.0440. The first kappa shape index (κ1) is 12.5. The molecule has 1 atom stereocenters. The molecule has 16 heavy (non-hydrogen) atoms. The molecule has 5 nitrogen and oxygen atoms in total. The van der Waals surface area contributed by atoms with E-state index in [-0.39, 0.29) is 24.6 Å². The van der Waals surface area contributed by atoms with E-state index in [1.54, 1.807) is 4.90 Å². The van der Waals surface area contributed by atoms with Crippen molar-refractivity contribution in [3.63, 3.8) is 0 Å². The Bertz CT molecular complexity index is 278. The Labute approximate surface area is 95.4 Å². The number of nitrogens with zero attached hydrogens (tertiary/aromatic N) is 1. The molecule has 0 aromatic carbocycles. The lowest BCUT2D eigenvalue weighted by atomic mass is 10.1. The van der Waals surface area contributed by atoms with Gasteiger partial charge in [0.15, 0.2) is 0 Å². The molecule has 1 rings (SSSR count). The zero-order valence-electron chi connectivity index (χ0n) is 9.57. The molecule has 0 saturated carbocycles. The van der Waals surface area contributed by atoms with Gasteiger partial charge < -0.3 is 15.0 Å². The summed E-state index contributed by atoms with van der Waals surface area (Å²) < 4.78 is 4.94. The lowest BCUT2D eigenvalue weighted by molar-refractivity contribution is -0.120. The van der Waals surface area contributed by atoms with Gasteiger partial charge in [-0.1, -0.05) is 12.7 Å². The number of piperidine rings is 1. The number of amides is 2. The highest BCUT2D eigenvalue weighted by Crippen LogP contribution is 2.11. The summed E-state index contributed by atoms with van der Waals surface area (Å²) in [7, 11) is 0. The molecule has 0 bridgehead atoms. The van der Waals surface area contributed by atoms with Gasteiger partial charge in [-0.2, -0.15) is 0 Å². The fourth-order valence-corrected chi connectivity index (χ4v) is 1.77. The van der Waals surface area contributed by atoms with Gasteiger partial charge in [-0.15, -0.1) is 0 Å². The van der Waals surface area contributed by atoms with Crippen molar-refractivity contribution in [2.75, 3.05) is 19.7 Å². The molecule has 90 valence electrons. The van der Waals surface area contributed by atoms with E-state index in [0.29, 0.717) is 13.1 Å². The second-order valence-electron chi connectivity index (χ2n) is 3.85. The second kappa shape index (κ2) is 6.15. The fraction of sp³-hybridized carbons (Fsp3) is 0.636. The standard InChI is InChI=1S/C11H18N2O3/c1-3-7-16-11(15)13-6-4-5-10(8-13)12-9(2)14/h3,10H,1,4-8H2,2H3,(H,12,14). The SMILES string of the molecule is C=CCOC(=O)N1CCCC(NC(C)=O)C1. The highest BCUT2D eigenvalue weighted by Gasteiger charge is 2.24. The van der Waals surface area contributed by atoms with Crippen molar-refractivity contribution in [3.8, 4) is 0 Å². The van der Waals surface area contributed by atoms with Crippen molar-refractivity contribution < 1.29 is 14.3 Å². The third-order valence-electron chi connectivity index (χ3n) is 2.41. The monoisotopic (exact) mass is 226 g/mol. The number of likely N-dealkylation sites (tertiary alicyclic amines) is 1. The van der Waals surface area contributed by atoms with E-state index in [4.69, 9.17) is 4.74 Å². The third-order valence-corrected chi connectivity index (χ3v) is 2.41. The normalized spacial score (nSPS) is 20.1. The van der Waals surface area contributed by atoms with E-state index >= 15 is 0 Å². The number of nitrogens with one attached hydrogen (secondary N) is 1. The number of carbonyl (C=O) groups is 2. The number of rotatable bonds is 3. The summed E-state index contributed by atoms with van der Waals surface area (Å²) in [5.74, 6) is -0.0636. The molecule has 1 fully saturated rings. The van der Waals surface area contributed by atoms with Gasteiger partial charge in [0.25, 0.3) is 0 Å². The van der Waals surface area contributed by atoms with Crippen LogP contribution in [-0.2, 0) is 9.53 Å². The number of hydrogen-bond acceptors (Lipinski definition) is 3. The molecule has 0 radical (unpaired) electrons. The Morgan fingerprint density at radius 3 is 3.00 bits per heavy atom. The lowest BCUT2D eigenvalue weighted by Gasteiger charge is -2.32. The van der Waals surface area contributed by atoms with E-state index in [1.807, 2.05) is 0 Å². The molecular formula is C11H18N2O3. The van der Waals surface area contributed by atoms with E-state index < -0.39 is 0 Å². The van der Waals surface area contributed by atoms with Gasteiger partial charge in [0.1, 0.15) is 6.61 Å². The average molecular weight is 226 g/mol. The average Bonchev–Trinajstić information content (AvgIpc) is 2.25. The van der Waals surface area contributed by atoms with E-state index in [2.05, 4.69) is 11.9 Å². The molecule has 1 unspecified atom stereocenters. The zero-order valence-corrected chi connectivity index (χ0v) is 9.57. The Balaban J connectivity index is 2.40. The topological polar surface area (TPSA) is 58.6 Å². The van der Waals surface area contributed by atoms with Crippen molar-refractivity contribution in [1.82, 2.24) is 10.2 Å². The number of ether oxygens (including phenoxy) is 1. The molecule has 5 heteroatoms. The van der Waals surface area contributed by atoms with Gasteiger partial charge in [-0.25, -0.2) is 4.79 Å². The molecule has 2 amide bonds. The maximum atomic E-state index is 11.5. The molecule has 0 spiro atoms. The molecule has 1 aliphatic heterocycles. The van der Waals surface area contributed by atoms with Crippen LogP contribution in [0.2, 0.25) is 0 Å². The highest BCUT2D eigenvalue weighted by molar-refractivity contribution is 5.73. The van der Waals surface area contributed by atoms with Gasteiger partial charge in [0, 0.05) is 26.1 Å². The smallest absolute Gasteiger partial charge is 0.410 e. The van der Waals surface area contributed by atoms with Crippen LogP contribution in [-0.4, -0.2) is 42.6 Å². The highest BCUT2D eigenvalue weighted by atomic mass is 16.6. The van der Waals surface area contributed by atoms with Crippen LogP contribution in [0.4, 0.5) is 4.79 Å². The van der Waals surface area contributed by atoms with Crippen molar-refractivity contribution in [2.24, 2.45) is 0 Å². The van der Waals surface area contributed by atoms with Crippen molar-refractivity contribution in [1.29, 1.82) is 0 Å². The first-order valence-electron chi connectivity index (χ1n) is 5.43. The van der Waals surface area contributed by atoms with Crippen LogP contribution in [0.1, 0.15) is 19.8 Å². The molecule has 1 N–H and O–H groups in total. The maximum Gasteiger partial charge on any atom is 0.410 e. The van der Waals surface area contributed by atoms with Gasteiger partial charge in [0.05, 0.1) is 0 Å². The summed E-state index contributed by atoms with van der Waals surface area (Å²) in [5.41, 5.74) is 0. The largest absolute Gasteiger partial charge is 0.445 e. The van der Waals surface area contributed by atoms with E-state index in [1.165, 1.54) is 13.0 Å². The fourth-order valence-electron chi connectivity index (χ4n) is 1.77. The molecular weight excluding hydrogens is 208 g/mol. The third kappa shape index (κ3) is 3.92. The summed E-state index contributed by atoms with van der Waals surface area (Å²) in [6.45, 7) is 6.39. The summed E-state index contributed by atoms with van der Waals surface area (Å²) in [6.07, 6.45) is 2.99. The van der Waals surface area contributed by atoms with Crippen molar-refractivity contribution in [3.05, 3.63) is 12.7 Å². The molecule has 1 heterocycles. The maximum absolute atomic E-state index is 11.5. The first-order valence-corrected chi connectivity index (χ1v) is 5.43. The molecule has 0 aromatic rings. The lowest BCUT2D eigenvalue weighted by Crippen LogP contribution is -2.49. The van der Waals surface area contributed by atoms with Gasteiger partial charge in [0.2, 0.25) is 5.91 Å². The van der Waals surface area contributed by atoms with Crippen LogP contribution in [0.5, 0.6) is 0 Å². The zero-order chi connectivity index (χ0) is 12.0. The van der Waals surface area contributed by atoms with E-state index in [0.717, 1.165) is 12.8 Å². The quantitative estimate of drug-likeness (QED) is 0.728. The molecule has 0 aromatic heterocycles.